The van der Waals surface area contributed by atoms with E-state index in [-0.39, 0.29) is 0 Å². The van der Waals surface area contributed by atoms with E-state index in [1.54, 1.807) is 0 Å². The molecule has 0 unspecified atom stereocenters. The standard InChI is InChI=1S/C60H46N2O2/c1-5-37-18-28-50-48(33-37)59-55(46-12-7-9-16-52(46)63-59)57(61-50)41-24-20-39(21-25-41)44-14-11-15-45(54(44)43-31-35(3)30-36(4)32-43)40-22-26-42(27-23-40)58-56-47-13-8-10-17-53(47)64-60(56)49-34-38(6-2)19-29-51(49)62-58/h7,9-12,14-34H,5-6,8,13H2,1-4H3. The van der Waals surface area contributed by atoms with Gasteiger partial charge in [0.1, 0.15) is 22.5 Å². The number of pyridine rings is 2. The zero-order valence-corrected chi connectivity index (χ0v) is 36.6. The highest BCUT2D eigenvalue weighted by molar-refractivity contribution is 6.19. The lowest BCUT2D eigenvalue weighted by Crippen LogP contribution is -1.95. The fraction of sp³-hybridized carbons (Fsp3) is 0.133. The minimum Gasteiger partial charge on any atom is -0.456 e. The van der Waals surface area contributed by atoms with Gasteiger partial charge in [-0.15, -0.1) is 0 Å². The first kappa shape index (κ1) is 38.1. The molecular formula is C60H46N2O2. The van der Waals surface area contributed by atoms with Gasteiger partial charge in [0, 0.05) is 32.8 Å². The van der Waals surface area contributed by atoms with Gasteiger partial charge in [0.15, 0.2) is 0 Å². The van der Waals surface area contributed by atoms with Crippen LogP contribution in [0.3, 0.4) is 0 Å². The molecule has 0 saturated carbocycles. The van der Waals surface area contributed by atoms with Crippen LogP contribution in [0.4, 0.5) is 0 Å². The molecule has 0 aliphatic heterocycles. The van der Waals surface area contributed by atoms with Crippen molar-refractivity contribution in [3.8, 4) is 55.9 Å². The number of hydrogen-bond donors (Lipinski definition) is 0. The van der Waals surface area contributed by atoms with Crippen LogP contribution >= 0.6 is 0 Å². The summed E-state index contributed by atoms with van der Waals surface area (Å²) in [6, 6.07) is 53.0. The number of benzene rings is 7. The second-order valence-electron chi connectivity index (χ2n) is 17.5. The second kappa shape index (κ2) is 15.1. The Morgan fingerprint density at radius 2 is 1.06 bits per heavy atom. The fourth-order valence-electron chi connectivity index (χ4n) is 10.2. The lowest BCUT2D eigenvalue weighted by Gasteiger charge is -2.18. The average Bonchev–Trinajstić information content (AvgIpc) is 3.93. The van der Waals surface area contributed by atoms with E-state index in [4.69, 9.17) is 18.8 Å². The molecule has 1 aliphatic carbocycles. The lowest BCUT2D eigenvalue weighted by atomic mass is 9.86. The number of aryl methyl sites for hydroxylation is 5. The molecule has 0 atom stereocenters. The number of fused-ring (bicyclic) bond motifs is 10. The van der Waals surface area contributed by atoms with Crippen LogP contribution in [0.1, 0.15) is 53.8 Å². The van der Waals surface area contributed by atoms with Gasteiger partial charge in [0.2, 0.25) is 0 Å². The lowest BCUT2D eigenvalue weighted by molar-refractivity contribution is 0.598. The van der Waals surface area contributed by atoms with Crippen LogP contribution in [0.25, 0.3) is 117 Å². The van der Waals surface area contributed by atoms with Crippen LogP contribution in [0.5, 0.6) is 0 Å². The average molecular weight is 827 g/mol. The summed E-state index contributed by atoms with van der Waals surface area (Å²) in [6.07, 6.45) is 8.21. The van der Waals surface area contributed by atoms with E-state index < -0.39 is 0 Å². The molecule has 7 aromatic carbocycles. The first-order chi connectivity index (χ1) is 31.4. The molecule has 11 aromatic rings. The third kappa shape index (κ3) is 6.19. The van der Waals surface area contributed by atoms with Crippen LogP contribution in [0.15, 0.2) is 161 Å². The molecule has 0 N–H and O–H groups in total. The van der Waals surface area contributed by atoms with Crippen molar-refractivity contribution in [2.75, 3.05) is 0 Å². The Kier molecular flexibility index (Phi) is 8.98. The number of hydrogen-bond acceptors (Lipinski definition) is 4. The minimum atomic E-state index is 0.875. The van der Waals surface area contributed by atoms with E-state index in [1.165, 1.54) is 50.1 Å². The third-order valence-electron chi connectivity index (χ3n) is 13.3. The summed E-state index contributed by atoms with van der Waals surface area (Å²) in [4.78, 5) is 10.7. The van der Waals surface area contributed by atoms with Gasteiger partial charge >= 0.3 is 0 Å². The van der Waals surface area contributed by atoms with Crippen molar-refractivity contribution in [1.29, 1.82) is 0 Å². The molecular weight excluding hydrogens is 781 g/mol. The summed E-state index contributed by atoms with van der Waals surface area (Å²) in [6.45, 7) is 8.76. The molecule has 0 bridgehead atoms. The molecule has 4 heteroatoms. The smallest absolute Gasteiger partial charge is 0.147 e. The van der Waals surface area contributed by atoms with Crippen molar-refractivity contribution in [2.45, 2.75) is 53.4 Å². The number of para-hydroxylation sites is 1. The predicted molar refractivity (Wildman–Crippen MR) is 267 cm³/mol. The Bertz CT molecular complexity index is 3680. The Morgan fingerprint density at radius 3 is 1.67 bits per heavy atom. The zero-order valence-electron chi connectivity index (χ0n) is 36.6. The summed E-state index contributed by atoms with van der Waals surface area (Å²) >= 11 is 0. The van der Waals surface area contributed by atoms with Gasteiger partial charge in [-0.3, -0.25) is 0 Å². The van der Waals surface area contributed by atoms with Gasteiger partial charge in [-0.25, -0.2) is 9.97 Å². The van der Waals surface area contributed by atoms with E-state index in [1.807, 2.05) is 6.07 Å². The number of furan rings is 2. The van der Waals surface area contributed by atoms with Gasteiger partial charge in [0.25, 0.3) is 0 Å². The van der Waals surface area contributed by atoms with Crippen molar-refractivity contribution in [3.05, 3.63) is 185 Å². The van der Waals surface area contributed by atoms with Gasteiger partial charge in [0.05, 0.1) is 33.2 Å². The quantitative estimate of drug-likeness (QED) is 0.161. The molecule has 0 amide bonds. The topological polar surface area (TPSA) is 52.1 Å². The molecule has 12 rings (SSSR count). The molecule has 308 valence electrons. The Labute approximate surface area is 372 Å². The first-order valence-electron chi connectivity index (χ1n) is 22.6. The zero-order chi connectivity index (χ0) is 43.1. The van der Waals surface area contributed by atoms with Gasteiger partial charge in [-0.1, -0.05) is 146 Å². The normalized spacial score (nSPS) is 12.6. The van der Waals surface area contributed by atoms with E-state index in [2.05, 4.69) is 179 Å². The second-order valence-corrected chi connectivity index (χ2v) is 17.5. The Morgan fingerprint density at radius 1 is 0.500 bits per heavy atom. The molecule has 4 aromatic heterocycles. The molecule has 0 fully saturated rings. The highest BCUT2D eigenvalue weighted by atomic mass is 16.3. The number of allylic oxidation sites excluding steroid dienone is 1. The van der Waals surface area contributed by atoms with Crippen molar-refractivity contribution in [2.24, 2.45) is 0 Å². The molecule has 4 heterocycles. The van der Waals surface area contributed by atoms with Crippen molar-refractivity contribution in [3.63, 3.8) is 0 Å². The van der Waals surface area contributed by atoms with E-state index in [0.717, 1.165) is 120 Å². The maximum Gasteiger partial charge on any atom is 0.147 e. The van der Waals surface area contributed by atoms with Gasteiger partial charge in [-0.2, -0.15) is 0 Å². The molecule has 0 spiro atoms. The fourth-order valence-corrected chi connectivity index (χ4v) is 10.2. The summed E-state index contributed by atoms with van der Waals surface area (Å²) in [5, 5.41) is 5.42. The molecule has 0 saturated heterocycles. The van der Waals surface area contributed by atoms with Crippen molar-refractivity contribution in [1.82, 2.24) is 9.97 Å². The molecule has 0 radical (unpaired) electrons. The summed E-state index contributed by atoms with van der Waals surface area (Å²) in [5.74, 6) is 0.959. The number of nitrogens with zero attached hydrogens (tertiary/aromatic N) is 2. The molecule has 1 aliphatic rings. The number of aromatic nitrogens is 2. The highest BCUT2D eigenvalue weighted by Crippen LogP contribution is 2.45. The van der Waals surface area contributed by atoms with Gasteiger partial charge in [-0.05, 0) is 120 Å². The molecule has 64 heavy (non-hydrogen) atoms. The maximum absolute atomic E-state index is 6.65. The Hall–Kier alpha value is -7.56. The van der Waals surface area contributed by atoms with Crippen molar-refractivity contribution >= 4 is 60.8 Å². The molecule has 4 nitrogen and oxygen atoms in total. The Balaban J connectivity index is 0.992. The SMILES string of the molecule is CCc1ccc2nc(-c3ccc(-c4cccc(-c5ccc(-c6nc7ccc(CC)cc7c7oc8ccccc8c67)cc5)c4-c4cc(C)cc(C)c4)cc3)c3c4c(oc3c2c1)C=CCC4. The predicted octanol–water partition coefficient (Wildman–Crippen LogP) is 16.5. The van der Waals surface area contributed by atoms with Crippen molar-refractivity contribution < 1.29 is 8.83 Å². The highest BCUT2D eigenvalue weighted by Gasteiger charge is 2.24. The van der Waals surface area contributed by atoms with Crippen LogP contribution in [-0.4, -0.2) is 9.97 Å². The van der Waals surface area contributed by atoms with Crippen LogP contribution in [0.2, 0.25) is 0 Å². The summed E-state index contributed by atoms with van der Waals surface area (Å²) < 4.78 is 13.3. The van der Waals surface area contributed by atoms with E-state index in [9.17, 15) is 0 Å². The van der Waals surface area contributed by atoms with Crippen LogP contribution in [-0.2, 0) is 19.3 Å². The third-order valence-corrected chi connectivity index (χ3v) is 13.3. The first-order valence-corrected chi connectivity index (χ1v) is 22.6. The van der Waals surface area contributed by atoms with E-state index in [0.29, 0.717) is 0 Å². The monoisotopic (exact) mass is 826 g/mol. The van der Waals surface area contributed by atoms with Crippen LogP contribution in [0, 0.1) is 13.8 Å². The summed E-state index contributed by atoms with van der Waals surface area (Å²) in [5.41, 5.74) is 22.0. The minimum absolute atomic E-state index is 0.875. The van der Waals surface area contributed by atoms with E-state index >= 15 is 0 Å². The largest absolute Gasteiger partial charge is 0.456 e. The summed E-state index contributed by atoms with van der Waals surface area (Å²) in [7, 11) is 0. The van der Waals surface area contributed by atoms with Crippen LogP contribution < -0.4 is 0 Å². The maximum atomic E-state index is 6.65. The van der Waals surface area contributed by atoms with Gasteiger partial charge < -0.3 is 8.83 Å². The number of rotatable bonds is 7.